The van der Waals surface area contributed by atoms with E-state index in [1.807, 2.05) is 0 Å². The number of alkyl halides is 3. The molecule has 0 heterocycles. The first-order valence-electron chi connectivity index (χ1n) is 4.14. The maximum Gasteiger partial charge on any atom is 0.401 e. The van der Waals surface area contributed by atoms with Gasteiger partial charge < -0.3 is 5.73 Å². The topological polar surface area (TPSA) is 29.3 Å². The summed E-state index contributed by atoms with van der Waals surface area (Å²) >= 11 is 0. The second-order valence-electron chi connectivity index (χ2n) is 4.09. The molecule has 0 aromatic heterocycles. The zero-order valence-electron chi connectivity index (χ0n) is 8.28. The molecule has 0 aromatic carbocycles. The van der Waals surface area contributed by atoms with Gasteiger partial charge in [0.25, 0.3) is 0 Å². The van der Waals surface area contributed by atoms with Crippen molar-refractivity contribution in [1.82, 2.24) is 4.90 Å². The highest BCUT2D eigenvalue weighted by atomic mass is 19.4. The van der Waals surface area contributed by atoms with Crippen molar-refractivity contribution >= 4 is 0 Å². The summed E-state index contributed by atoms with van der Waals surface area (Å²) in [7, 11) is 1.44. The van der Waals surface area contributed by atoms with Crippen LogP contribution in [0.1, 0.15) is 20.3 Å². The fourth-order valence-electron chi connectivity index (χ4n) is 0.864. The van der Waals surface area contributed by atoms with Gasteiger partial charge in [-0.1, -0.05) is 0 Å². The largest absolute Gasteiger partial charge is 0.401 e. The van der Waals surface area contributed by atoms with Crippen molar-refractivity contribution in [3.8, 4) is 0 Å². The lowest BCUT2D eigenvalue weighted by molar-refractivity contribution is -0.143. The molecule has 0 aliphatic rings. The van der Waals surface area contributed by atoms with Crippen LogP contribution in [0.3, 0.4) is 0 Å². The number of hydrogen-bond donors (Lipinski definition) is 1. The van der Waals surface area contributed by atoms with Crippen molar-refractivity contribution in [1.29, 1.82) is 0 Å². The van der Waals surface area contributed by atoms with E-state index in [1.165, 1.54) is 11.9 Å². The second kappa shape index (κ2) is 4.28. The Bertz CT molecular complexity index is 148. The molecule has 2 nitrogen and oxygen atoms in total. The van der Waals surface area contributed by atoms with Gasteiger partial charge in [-0.3, -0.25) is 4.90 Å². The molecule has 0 amide bonds. The van der Waals surface area contributed by atoms with Gasteiger partial charge in [0, 0.05) is 5.54 Å². The Hall–Kier alpha value is -0.290. The molecule has 0 aliphatic carbocycles. The lowest BCUT2D eigenvalue weighted by atomic mass is 10.0. The van der Waals surface area contributed by atoms with Gasteiger partial charge in [0.15, 0.2) is 0 Å². The molecule has 13 heavy (non-hydrogen) atoms. The predicted octanol–water partition coefficient (Wildman–Crippen LogP) is 1.61. The highest BCUT2D eigenvalue weighted by Crippen LogP contribution is 2.16. The van der Waals surface area contributed by atoms with Crippen molar-refractivity contribution in [3.63, 3.8) is 0 Å². The van der Waals surface area contributed by atoms with Crippen LogP contribution < -0.4 is 5.73 Å². The van der Waals surface area contributed by atoms with Crippen molar-refractivity contribution in [2.45, 2.75) is 32.0 Å². The van der Waals surface area contributed by atoms with Crippen molar-refractivity contribution in [3.05, 3.63) is 0 Å². The Kier molecular flexibility index (Phi) is 4.19. The average molecular weight is 198 g/mol. The molecular weight excluding hydrogens is 181 g/mol. The van der Waals surface area contributed by atoms with Crippen molar-refractivity contribution < 1.29 is 13.2 Å². The monoisotopic (exact) mass is 198 g/mol. The van der Waals surface area contributed by atoms with E-state index < -0.39 is 18.3 Å². The van der Waals surface area contributed by atoms with Gasteiger partial charge >= 0.3 is 6.18 Å². The Balaban J connectivity index is 3.70. The molecule has 80 valence electrons. The highest BCUT2D eigenvalue weighted by molar-refractivity contribution is 4.73. The molecule has 0 bridgehead atoms. The van der Waals surface area contributed by atoms with E-state index in [4.69, 9.17) is 5.73 Å². The normalized spacial score (nSPS) is 13.8. The van der Waals surface area contributed by atoms with Crippen LogP contribution in [0.25, 0.3) is 0 Å². The molecule has 0 aliphatic heterocycles. The van der Waals surface area contributed by atoms with Crippen LogP contribution in [0.5, 0.6) is 0 Å². The van der Waals surface area contributed by atoms with E-state index in [0.717, 1.165) is 0 Å². The zero-order valence-corrected chi connectivity index (χ0v) is 8.28. The predicted molar refractivity (Wildman–Crippen MR) is 46.4 cm³/mol. The quantitative estimate of drug-likeness (QED) is 0.743. The molecule has 2 N–H and O–H groups in total. The van der Waals surface area contributed by atoms with E-state index in [1.54, 1.807) is 13.8 Å². The van der Waals surface area contributed by atoms with Crippen LogP contribution in [-0.2, 0) is 0 Å². The molecule has 5 heteroatoms. The number of halogens is 3. The third-order valence-electron chi connectivity index (χ3n) is 1.59. The van der Waals surface area contributed by atoms with Gasteiger partial charge in [-0.2, -0.15) is 13.2 Å². The fraction of sp³-hybridized carbons (Fsp3) is 1.00. The number of rotatable bonds is 4. The molecule has 0 saturated heterocycles. The first-order chi connectivity index (χ1) is 5.60. The first kappa shape index (κ1) is 12.7. The van der Waals surface area contributed by atoms with Gasteiger partial charge in [-0.15, -0.1) is 0 Å². The molecular formula is C8H17F3N2. The van der Waals surface area contributed by atoms with Crippen LogP contribution in [0.15, 0.2) is 0 Å². The highest BCUT2D eigenvalue weighted by Gasteiger charge is 2.29. The van der Waals surface area contributed by atoms with Gasteiger partial charge in [-0.05, 0) is 33.9 Å². The molecule has 0 atom stereocenters. The lowest BCUT2D eigenvalue weighted by Crippen LogP contribution is -2.39. The zero-order chi connectivity index (χ0) is 10.7. The molecule has 0 spiro atoms. The Morgan fingerprint density at radius 2 is 1.69 bits per heavy atom. The molecule has 0 fully saturated rings. The van der Waals surface area contributed by atoms with Gasteiger partial charge in [0.2, 0.25) is 0 Å². The number of nitrogens with two attached hydrogens (primary N) is 1. The summed E-state index contributed by atoms with van der Waals surface area (Å²) in [6.45, 7) is 3.09. The van der Waals surface area contributed by atoms with Gasteiger partial charge in [-0.25, -0.2) is 0 Å². The lowest BCUT2D eigenvalue weighted by Gasteiger charge is -2.24. The molecule has 0 rings (SSSR count). The maximum atomic E-state index is 11.9. The second-order valence-corrected chi connectivity index (χ2v) is 4.09. The molecule has 0 saturated carbocycles. The minimum absolute atomic E-state index is 0.364. The first-order valence-corrected chi connectivity index (χ1v) is 4.14. The number of nitrogens with zero attached hydrogens (tertiary/aromatic N) is 1. The fourth-order valence-corrected chi connectivity index (χ4v) is 0.864. The van der Waals surface area contributed by atoms with Crippen LogP contribution in [0, 0.1) is 0 Å². The summed E-state index contributed by atoms with van der Waals surface area (Å²) in [6.07, 6.45) is -3.56. The van der Waals surface area contributed by atoms with E-state index in [-0.39, 0.29) is 0 Å². The summed E-state index contributed by atoms with van der Waals surface area (Å²) in [5, 5.41) is 0. The Morgan fingerprint density at radius 1 is 1.23 bits per heavy atom. The minimum Gasteiger partial charge on any atom is -0.326 e. The van der Waals surface area contributed by atoms with E-state index in [2.05, 4.69) is 0 Å². The summed E-state index contributed by atoms with van der Waals surface area (Å²) in [4.78, 5) is 1.23. The third kappa shape index (κ3) is 9.63. The smallest absolute Gasteiger partial charge is 0.326 e. The van der Waals surface area contributed by atoms with Crippen molar-refractivity contribution in [2.24, 2.45) is 5.73 Å². The molecule has 0 radical (unpaired) electrons. The summed E-state index contributed by atoms with van der Waals surface area (Å²) in [5.41, 5.74) is 5.24. The summed E-state index contributed by atoms with van der Waals surface area (Å²) < 4.78 is 35.6. The van der Waals surface area contributed by atoms with Crippen LogP contribution >= 0.6 is 0 Å². The molecule has 0 unspecified atom stereocenters. The van der Waals surface area contributed by atoms with E-state index in [0.29, 0.717) is 13.0 Å². The average Bonchev–Trinajstić information content (AvgIpc) is 1.78. The standard InChI is InChI=1S/C8H17F3N2/c1-7(2,12)4-5-13(3)6-8(9,10)11/h4-6,12H2,1-3H3. The van der Waals surface area contributed by atoms with Crippen LogP contribution in [-0.4, -0.2) is 36.8 Å². The Morgan fingerprint density at radius 3 is 2.00 bits per heavy atom. The minimum atomic E-state index is -4.12. The van der Waals surface area contributed by atoms with Crippen molar-refractivity contribution in [2.75, 3.05) is 20.1 Å². The van der Waals surface area contributed by atoms with Gasteiger partial charge in [0.1, 0.15) is 0 Å². The van der Waals surface area contributed by atoms with Gasteiger partial charge in [0.05, 0.1) is 6.54 Å². The SMILES string of the molecule is CN(CCC(C)(C)N)CC(F)(F)F. The van der Waals surface area contributed by atoms with E-state index in [9.17, 15) is 13.2 Å². The molecule has 0 aromatic rings. The van der Waals surface area contributed by atoms with E-state index >= 15 is 0 Å². The number of hydrogen-bond acceptors (Lipinski definition) is 2. The maximum absolute atomic E-state index is 11.9. The Labute approximate surface area is 76.9 Å². The summed E-state index contributed by atoms with van der Waals surface area (Å²) in [5.74, 6) is 0. The van der Waals surface area contributed by atoms with Crippen LogP contribution in [0.4, 0.5) is 13.2 Å². The third-order valence-corrected chi connectivity index (χ3v) is 1.59. The summed E-state index contributed by atoms with van der Waals surface area (Å²) in [6, 6.07) is 0. The van der Waals surface area contributed by atoms with Crippen LogP contribution in [0.2, 0.25) is 0 Å².